The van der Waals surface area contributed by atoms with Crippen molar-refractivity contribution in [2.24, 2.45) is 5.92 Å². The zero-order valence-corrected chi connectivity index (χ0v) is 18.7. The fourth-order valence-electron chi connectivity index (χ4n) is 4.17. The summed E-state index contributed by atoms with van der Waals surface area (Å²) in [6, 6.07) is -0.427. The van der Waals surface area contributed by atoms with E-state index in [1.54, 1.807) is 18.7 Å². The van der Waals surface area contributed by atoms with Crippen LogP contribution in [0.3, 0.4) is 0 Å². The Hall–Kier alpha value is -0.620. The standard InChI is InChI=1S/C19H36NO6P/c1-18(2,3)26-17(21)20-15(13-14-11-9-8-10-12-14)16(25-19(20,4)5)27(22,23-6)24-7/h14-16H,8-13H2,1-7H3/t15-,16?/m0/s1. The Kier molecular flexibility index (Phi) is 7.05. The maximum Gasteiger partial charge on any atom is 0.412 e. The number of hydrogen-bond acceptors (Lipinski definition) is 6. The van der Waals surface area contributed by atoms with E-state index in [-0.39, 0.29) is 0 Å². The van der Waals surface area contributed by atoms with Crippen LogP contribution < -0.4 is 0 Å². The van der Waals surface area contributed by atoms with Gasteiger partial charge in [-0.05, 0) is 47.0 Å². The first kappa shape index (κ1) is 22.7. The highest BCUT2D eigenvalue weighted by Crippen LogP contribution is 2.59. The van der Waals surface area contributed by atoms with Crippen molar-refractivity contribution in [3.63, 3.8) is 0 Å². The molecule has 1 heterocycles. The third-order valence-electron chi connectivity index (χ3n) is 5.36. The minimum Gasteiger partial charge on any atom is -0.444 e. The van der Waals surface area contributed by atoms with Crippen LogP contribution >= 0.6 is 7.60 Å². The summed E-state index contributed by atoms with van der Waals surface area (Å²) in [4.78, 5) is 14.6. The van der Waals surface area contributed by atoms with Gasteiger partial charge in [0.2, 0.25) is 0 Å². The lowest BCUT2D eigenvalue weighted by atomic mass is 9.84. The highest BCUT2D eigenvalue weighted by atomic mass is 31.2. The third kappa shape index (κ3) is 5.26. The van der Waals surface area contributed by atoms with Crippen molar-refractivity contribution in [3.05, 3.63) is 0 Å². The molecule has 0 aromatic heterocycles. The predicted octanol–water partition coefficient (Wildman–Crippen LogP) is 5.14. The van der Waals surface area contributed by atoms with Gasteiger partial charge in [-0.1, -0.05) is 32.1 Å². The average Bonchev–Trinajstić information content (AvgIpc) is 2.84. The van der Waals surface area contributed by atoms with E-state index in [9.17, 15) is 9.36 Å². The lowest BCUT2D eigenvalue weighted by Crippen LogP contribution is -2.50. The molecule has 2 atom stereocenters. The first-order valence-corrected chi connectivity index (χ1v) is 11.5. The van der Waals surface area contributed by atoms with Gasteiger partial charge in [-0.2, -0.15) is 0 Å². The van der Waals surface area contributed by atoms with Crippen molar-refractivity contribution in [1.29, 1.82) is 0 Å². The number of carbonyl (C=O) groups excluding carboxylic acids is 1. The first-order chi connectivity index (χ1) is 12.4. The molecule has 158 valence electrons. The highest BCUT2D eigenvalue weighted by molar-refractivity contribution is 7.54. The topological polar surface area (TPSA) is 74.3 Å². The summed E-state index contributed by atoms with van der Waals surface area (Å²) in [6.07, 6.45) is 6.07. The summed E-state index contributed by atoms with van der Waals surface area (Å²) in [7, 11) is -0.821. The first-order valence-electron chi connectivity index (χ1n) is 9.85. The Labute approximate surface area is 163 Å². The van der Waals surface area contributed by atoms with Gasteiger partial charge < -0.3 is 18.5 Å². The van der Waals surface area contributed by atoms with Gasteiger partial charge in [0.05, 0.1) is 6.04 Å². The second kappa shape index (κ2) is 8.40. The van der Waals surface area contributed by atoms with E-state index in [1.165, 1.54) is 33.5 Å². The molecule has 0 radical (unpaired) electrons. The molecule has 27 heavy (non-hydrogen) atoms. The van der Waals surface area contributed by atoms with Crippen LogP contribution in [0.15, 0.2) is 0 Å². The molecule has 1 amide bonds. The fraction of sp³-hybridized carbons (Fsp3) is 0.947. The molecule has 0 N–H and O–H groups in total. The molecule has 0 bridgehead atoms. The Bertz CT molecular complexity index is 559. The van der Waals surface area contributed by atoms with Gasteiger partial charge in [0.25, 0.3) is 0 Å². The summed E-state index contributed by atoms with van der Waals surface area (Å²) in [5.74, 6) is -0.382. The van der Waals surface area contributed by atoms with Gasteiger partial charge in [0.1, 0.15) is 11.3 Å². The molecule has 8 heteroatoms. The van der Waals surface area contributed by atoms with Crippen molar-refractivity contribution in [1.82, 2.24) is 4.90 Å². The van der Waals surface area contributed by atoms with Gasteiger partial charge in [-0.25, -0.2) is 4.79 Å². The van der Waals surface area contributed by atoms with Crippen LogP contribution in [-0.2, 0) is 23.1 Å². The van der Waals surface area contributed by atoms with Crippen LogP contribution in [0.4, 0.5) is 4.79 Å². The van der Waals surface area contributed by atoms with E-state index in [1.807, 2.05) is 20.8 Å². The summed E-state index contributed by atoms with van der Waals surface area (Å²) in [5, 5.41) is 0. The monoisotopic (exact) mass is 405 g/mol. The number of carbonyl (C=O) groups is 1. The van der Waals surface area contributed by atoms with Gasteiger partial charge >= 0.3 is 13.7 Å². The Morgan fingerprint density at radius 1 is 1.15 bits per heavy atom. The van der Waals surface area contributed by atoms with Gasteiger partial charge in [0.15, 0.2) is 5.85 Å². The molecule has 1 saturated carbocycles. The smallest absolute Gasteiger partial charge is 0.412 e. The van der Waals surface area contributed by atoms with Crippen LogP contribution in [0.1, 0.15) is 73.1 Å². The quantitative estimate of drug-likeness (QED) is 0.590. The van der Waals surface area contributed by atoms with Gasteiger partial charge in [-0.15, -0.1) is 0 Å². The van der Waals surface area contributed by atoms with Crippen LogP contribution in [0.2, 0.25) is 0 Å². The number of rotatable bonds is 5. The normalized spacial score (nSPS) is 27.0. The average molecular weight is 405 g/mol. The molecule has 1 aliphatic heterocycles. The Morgan fingerprint density at radius 2 is 1.70 bits per heavy atom. The molecule has 1 unspecified atom stereocenters. The summed E-state index contributed by atoms with van der Waals surface area (Å²) >= 11 is 0. The molecule has 2 rings (SSSR count). The lowest BCUT2D eigenvalue weighted by molar-refractivity contribution is -0.0710. The second-order valence-corrected chi connectivity index (χ2v) is 11.3. The fourth-order valence-corrected chi connectivity index (χ4v) is 5.80. The Morgan fingerprint density at radius 3 is 2.19 bits per heavy atom. The van der Waals surface area contributed by atoms with Gasteiger partial charge in [0, 0.05) is 14.2 Å². The summed E-state index contributed by atoms with van der Waals surface area (Å²) in [5.41, 5.74) is -1.61. The van der Waals surface area contributed by atoms with Crippen LogP contribution in [0.25, 0.3) is 0 Å². The van der Waals surface area contributed by atoms with Crippen molar-refractivity contribution >= 4 is 13.7 Å². The minimum atomic E-state index is -3.53. The van der Waals surface area contributed by atoms with E-state index in [0.717, 1.165) is 12.8 Å². The molecule has 1 aliphatic carbocycles. The minimum absolute atomic E-state index is 0.427. The molecule has 7 nitrogen and oxygen atoms in total. The SMILES string of the molecule is COP(=O)(OC)C1OC(C)(C)N(C(=O)OC(C)(C)C)[C@H]1CC1CCCCC1. The van der Waals surface area contributed by atoms with E-state index >= 15 is 0 Å². The van der Waals surface area contributed by atoms with Crippen molar-refractivity contribution in [2.45, 2.75) is 96.4 Å². The number of nitrogens with zero attached hydrogens (tertiary/aromatic N) is 1. The van der Waals surface area contributed by atoms with E-state index in [4.69, 9.17) is 18.5 Å². The van der Waals surface area contributed by atoms with Crippen LogP contribution in [0, 0.1) is 5.92 Å². The number of ether oxygens (including phenoxy) is 2. The lowest BCUT2D eigenvalue weighted by Gasteiger charge is -2.37. The number of hydrogen-bond donors (Lipinski definition) is 0. The molecule has 1 saturated heterocycles. The highest BCUT2D eigenvalue weighted by Gasteiger charge is 2.58. The van der Waals surface area contributed by atoms with Gasteiger partial charge in [-0.3, -0.25) is 9.46 Å². The van der Waals surface area contributed by atoms with E-state index in [0.29, 0.717) is 12.3 Å². The zero-order valence-electron chi connectivity index (χ0n) is 17.8. The van der Waals surface area contributed by atoms with Crippen LogP contribution in [-0.4, -0.2) is 48.4 Å². The van der Waals surface area contributed by atoms with E-state index in [2.05, 4.69) is 0 Å². The summed E-state index contributed by atoms with van der Waals surface area (Å²) in [6.45, 7) is 9.08. The predicted molar refractivity (Wildman–Crippen MR) is 104 cm³/mol. The molecule has 2 aliphatic rings. The maximum atomic E-state index is 13.2. The van der Waals surface area contributed by atoms with Crippen molar-refractivity contribution < 1.29 is 27.9 Å². The zero-order chi connectivity index (χ0) is 20.5. The van der Waals surface area contributed by atoms with Crippen molar-refractivity contribution in [3.8, 4) is 0 Å². The van der Waals surface area contributed by atoms with Crippen molar-refractivity contribution in [2.75, 3.05) is 14.2 Å². The summed E-state index contributed by atoms with van der Waals surface area (Å²) < 4.78 is 35.4. The molecule has 0 aromatic rings. The van der Waals surface area contributed by atoms with Crippen LogP contribution in [0.5, 0.6) is 0 Å². The molecule has 2 fully saturated rings. The third-order valence-corrected chi connectivity index (χ3v) is 7.45. The second-order valence-electron chi connectivity index (χ2n) is 9.02. The molecular formula is C19H36NO6P. The molecule has 0 spiro atoms. The maximum absolute atomic E-state index is 13.2. The Balaban J connectivity index is 2.36. The molecular weight excluding hydrogens is 369 g/mol. The largest absolute Gasteiger partial charge is 0.444 e. The van der Waals surface area contributed by atoms with E-state index < -0.39 is 36.9 Å². The molecule has 0 aromatic carbocycles. The number of amides is 1.